The summed E-state index contributed by atoms with van der Waals surface area (Å²) in [5, 5.41) is 0.616. The summed E-state index contributed by atoms with van der Waals surface area (Å²) in [6, 6.07) is 11.3. The average molecular weight is 399 g/mol. The number of halogens is 1. The fraction of sp³-hybridized carbons (Fsp3) is 0.200. The largest absolute Gasteiger partial charge is 0.451 e. The molecular weight excluding hydrogens is 381 g/mol. The predicted molar refractivity (Wildman–Crippen MR) is 103 cm³/mol. The lowest BCUT2D eigenvalue weighted by atomic mass is 10.2. The second kappa shape index (κ2) is 8.71. The van der Waals surface area contributed by atoms with Gasteiger partial charge in [-0.05, 0) is 36.8 Å². The van der Waals surface area contributed by atoms with Gasteiger partial charge in [0.1, 0.15) is 15.7 Å². The Morgan fingerprint density at radius 3 is 2.61 bits per heavy atom. The van der Waals surface area contributed by atoms with Crippen LogP contribution in [0.1, 0.15) is 20.9 Å². The zero-order valence-corrected chi connectivity index (χ0v) is 16.2. The minimum Gasteiger partial charge on any atom is -0.451 e. The molecule has 0 aliphatic heterocycles. The summed E-state index contributed by atoms with van der Waals surface area (Å²) < 4.78 is 18.1. The second-order valence-corrected chi connectivity index (χ2v) is 7.10. The van der Waals surface area contributed by atoms with Gasteiger partial charge in [0.15, 0.2) is 6.61 Å². The lowest BCUT2D eigenvalue weighted by Crippen LogP contribution is -2.30. The van der Waals surface area contributed by atoms with E-state index in [1.54, 1.807) is 44.4 Å². The molecule has 2 aromatic heterocycles. The summed E-state index contributed by atoms with van der Waals surface area (Å²) in [7, 11) is 1.59. The fourth-order valence-electron chi connectivity index (χ4n) is 2.44. The number of likely N-dealkylation sites (N-methyl/N-ethyl adjacent to an activating group) is 1. The minimum absolute atomic E-state index is 0.292. The molecule has 2 heterocycles. The topological polar surface area (TPSA) is 72.4 Å². The molecule has 1 amide bonds. The van der Waals surface area contributed by atoms with Gasteiger partial charge in [-0.3, -0.25) is 9.78 Å². The smallest absolute Gasteiger partial charge is 0.350 e. The third-order valence-electron chi connectivity index (χ3n) is 3.95. The Labute approximate surface area is 165 Å². The first-order valence-corrected chi connectivity index (χ1v) is 9.30. The van der Waals surface area contributed by atoms with Crippen molar-refractivity contribution >= 4 is 23.2 Å². The number of hydrogen-bond acceptors (Lipinski definition) is 6. The van der Waals surface area contributed by atoms with E-state index in [9.17, 15) is 14.0 Å². The molecule has 0 radical (unpaired) electrons. The number of ether oxygens (including phenoxy) is 1. The van der Waals surface area contributed by atoms with Crippen LogP contribution in [0.15, 0.2) is 48.7 Å². The number of aromatic nitrogens is 2. The van der Waals surface area contributed by atoms with E-state index in [2.05, 4.69) is 9.97 Å². The Kier molecular flexibility index (Phi) is 6.10. The number of amides is 1. The normalized spacial score (nSPS) is 10.5. The highest BCUT2D eigenvalue weighted by atomic mass is 32.1. The quantitative estimate of drug-likeness (QED) is 0.594. The highest BCUT2D eigenvalue weighted by Crippen LogP contribution is 2.26. The molecular formula is C20H18FN3O3S. The molecule has 3 aromatic rings. The maximum atomic E-state index is 13.0. The Morgan fingerprint density at radius 1 is 1.18 bits per heavy atom. The van der Waals surface area contributed by atoms with Crippen molar-refractivity contribution in [1.29, 1.82) is 0 Å². The molecule has 0 saturated carbocycles. The predicted octanol–water partition coefficient (Wildman–Crippen LogP) is 3.47. The van der Waals surface area contributed by atoms with Crippen LogP contribution in [0.25, 0.3) is 10.7 Å². The molecule has 0 aliphatic carbocycles. The van der Waals surface area contributed by atoms with Gasteiger partial charge in [-0.15, -0.1) is 11.3 Å². The molecule has 1 aromatic carbocycles. The molecule has 6 nitrogen and oxygen atoms in total. The number of esters is 1. The van der Waals surface area contributed by atoms with Gasteiger partial charge in [0.2, 0.25) is 0 Å². The molecule has 0 aliphatic rings. The van der Waals surface area contributed by atoms with Gasteiger partial charge < -0.3 is 9.64 Å². The summed E-state index contributed by atoms with van der Waals surface area (Å²) in [6.07, 6.45) is 1.65. The Hall–Kier alpha value is -3.13. The standard InChI is InChI=1S/C20H18FN3O3S/c1-13-18(28-19(23-13)16-5-3-4-10-22-16)20(26)27-12-17(25)24(2)11-14-6-8-15(21)9-7-14/h3-10H,11-12H2,1-2H3. The van der Waals surface area contributed by atoms with Crippen LogP contribution in [0.2, 0.25) is 0 Å². The number of rotatable bonds is 6. The summed E-state index contributed by atoms with van der Waals surface area (Å²) in [5.74, 6) is -1.29. The van der Waals surface area contributed by atoms with Crippen LogP contribution in [0.5, 0.6) is 0 Å². The Balaban J connectivity index is 1.58. The van der Waals surface area contributed by atoms with Crippen LogP contribution < -0.4 is 0 Å². The third kappa shape index (κ3) is 4.77. The van der Waals surface area contributed by atoms with Gasteiger partial charge in [0, 0.05) is 19.8 Å². The summed E-state index contributed by atoms with van der Waals surface area (Å²) in [4.78, 5) is 34.9. The van der Waals surface area contributed by atoms with Crippen LogP contribution in [0.3, 0.4) is 0 Å². The summed E-state index contributed by atoms with van der Waals surface area (Å²) in [5.41, 5.74) is 1.98. The van der Waals surface area contributed by atoms with Crippen molar-refractivity contribution < 1.29 is 18.7 Å². The van der Waals surface area contributed by atoms with Crippen molar-refractivity contribution in [3.05, 3.63) is 70.6 Å². The monoisotopic (exact) mass is 399 g/mol. The highest BCUT2D eigenvalue weighted by Gasteiger charge is 2.20. The number of benzene rings is 1. The van der Waals surface area contributed by atoms with Gasteiger partial charge in [-0.1, -0.05) is 18.2 Å². The van der Waals surface area contributed by atoms with Crippen LogP contribution in [0, 0.1) is 12.7 Å². The second-order valence-electron chi connectivity index (χ2n) is 6.10. The molecule has 8 heteroatoms. The van der Waals surface area contributed by atoms with E-state index in [0.29, 0.717) is 27.8 Å². The average Bonchev–Trinajstić information content (AvgIpc) is 3.10. The van der Waals surface area contributed by atoms with Crippen molar-refractivity contribution in [3.63, 3.8) is 0 Å². The number of nitrogens with zero attached hydrogens (tertiary/aromatic N) is 3. The first-order chi connectivity index (χ1) is 13.4. The summed E-state index contributed by atoms with van der Waals surface area (Å²) >= 11 is 1.18. The lowest BCUT2D eigenvalue weighted by molar-refractivity contribution is -0.133. The first kappa shape index (κ1) is 19.6. The number of pyridine rings is 1. The zero-order valence-electron chi connectivity index (χ0n) is 15.4. The van der Waals surface area contributed by atoms with Gasteiger partial charge in [-0.25, -0.2) is 14.2 Å². The SMILES string of the molecule is Cc1nc(-c2ccccn2)sc1C(=O)OCC(=O)N(C)Cc1ccc(F)cc1. The van der Waals surface area contributed by atoms with E-state index in [4.69, 9.17) is 4.74 Å². The zero-order chi connectivity index (χ0) is 20.1. The number of carbonyl (C=O) groups excluding carboxylic acids is 2. The van der Waals surface area contributed by atoms with Gasteiger partial charge >= 0.3 is 5.97 Å². The van der Waals surface area contributed by atoms with Crippen LogP contribution >= 0.6 is 11.3 Å². The highest BCUT2D eigenvalue weighted by molar-refractivity contribution is 7.17. The van der Waals surface area contributed by atoms with Gasteiger partial charge in [0.05, 0.1) is 11.4 Å². The van der Waals surface area contributed by atoms with E-state index < -0.39 is 5.97 Å². The maximum absolute atomic E-state index is 13.0. The molecule has 0 fully saturated rings. The molecule has 0 N–H and O–H groups in total. The van der Waals surface area contributed by atoms with Crippen molar-refractivity contribution in [2.75, 3.05) is 13.7 Å². The fourth-order valence-corrected chi connectivity index (χ4v) is 3.38. The van der Waals surface area contributed by atoms with E-state index >= 15 is 0 Å². The number of carbonyl (C=O) groups is 2. The Bertz CT molecular complexity index is 974. The van der Waals surface area contributed by atoms with Crippen LogP contribution in [-0.4, -0.2) is 40.4 Å². The van der Waals surface area contributed by atoms with Crippen molar-refractivity contribution in [2.45, 2.75) is 13.5 Å². The van der Waals surface area contributed by atoms with Gasteiger partial charge in [-0.2, -0.15) is 0 Å². The van der Waals surface area contributed by atoms with E-state index in [-0.39, 0.29) is 18.3 Å². The Morgan fingerprint density at radius 2 is 1.93 bits per heavy atom. The number of aryl methyl sites for hydroxylation is 1. The number of hydrogen-bond donors (Lipinski definition) is 0. The van der Waals surface area contributed by atoms with E-state index in [0.717, 1.165) is 5.56 Å². The van der Waals surface area contributed by atoms with Crippen LogP contribution in [-0.2, 0) is 16.1 Å². The minimum atomic E-state index is -0.597. The maximum Gasteiger partial charge on any atom is 0.350 e. The molecule has 0 bridgehead atoms. The van der Waals surface area contributed by atoms with Crippen molar-refractivity contribution in [1.82, 2.24) is 14.9 Å². The van der Waals surface area contributed by atoms with Crippen LogP contribution in [0.4, 0.5) is 4.39 Å². The molecule has 28 heavy (non-hydrogen) atoms. The number of thiazole rings is 1. The lowest BCUT2D eigenvalue weighted by Gasteiger charge is -2.17. The first-order valence-electron chi connectivity index (χ1n) is 8.48. The molecule has 3 rings (SSSR count). The summed E-state index contributed by atoms with van der Waals surface area (Å²) in [6.45, 7) is 1.62. The third-order valence-corrected chi connectivity index (χ3v) is 5.11. The molecule has 0 atom stereocenters. The van der Waals surface area contributed by atoms with E-state index in [1.807, 2.05) is 6.07 Å². The molecule has 0 unspecified atom stereocenters. The van der Waals surface area contributed by atoms with Gasteiger partial charge in [0.25, 0.3) is 5.91 Å². The van der Waals surface area contributed by atoms with Crippen molar-refractivity contribution in [3.8, 4) is 10.7 Å². The molecule has 144 valence electrons. The molecule has 0 saturated heterocycles. The van der Waals surface area contributed by atoms with E-state index in [1.165, 1.54) is 28.4 Å². The molecule has 0 spiro atoms. The van der Waals surface area contributed by atoms with Crippen molar-refractivity contribution in [2.24, 2.45) is 0 Å².